The van der Waals surface area contributed by atoms with Gasteiger partial charge in [0.15, 0.2) is 10.6 Å². The largest absolute Gasteiger partial charge is 0.496 e. The first-order valence-corrected chi connectivity index (χ1v) is 10.9. The number of hydrogen-bond donors (Lipinski definition) is 0. The van der Waals surface area contributed by atoms with Crippen LogP contribution in [0.4, 0.5) is 0 Å². The van der Waals surface area contributed by atoms with Crippen molar-refractivity contribution in [3.63, 3.8) is 0 Å². The van der Waals surface area contributed by atoms with Gasteiger partial charge < -0.3 is 14.0 Å². The minimum atomic E-state index is -1.11. The van der Waals surface area contributed by atoms with Gasteiger partial charge in [0, 0.05) is 0 Å². The topological polar surface area (TPSA) is 44.8 Å². The van der Waals surface area contributed by atoms with E-state index < -0.39 is 4.84 Å². The lowest BCUT2D eigenvalue weighted by Crippen LogP contribution is -2.65. The summed E-state index contributed by atoms with van der Waals surface area (Å²) in [7, 11) is 1.32. The molecule has 7 heteroatoms. The first-order valence-electron chi connectivity index (χ1n) is 10.00. The highest BCUT2D eigenvalue weighted by Crippen LogP contribution is 2.65. The molecule has 0 spiro atoms. The second-order valence-corrected chi connectivity index (χ2v) is 10.2. The van der Waals surface area contributed by atoms with Gasteiger partial charge in [0.1, 0.15) is 5.75 Å². The van der Waals surface area contributed by atoms with Crippen LogP contribution in [0.2, 0.25) is 6.32 Å². The van der Waals surface area contributed by atoms with Gasteiger partial charge in [-0.05, 0) is 61.4 Å². The Hall–Kier alpha value is -0.745. The Labute approximate surface area is 177 Å². The Morgan fingerprint density at radius 3 is 2.71 bits per heavy atom. The number of hydrogen-bond acceptors (Lipinski definition) is 4. The third-order valence-electron chi connectivity index (χ3n) is 7.42. The maximum Gasteiger partial charge on any atom is 0.457 e. The van der Waals surface area contributed by atoms with Gasteiger partial charge >= 0.3 is 7.12 Å². The van der Waals surface area contributed by atoms with Crippen molar-refractivity contribution in [1.82, 2.24) is 0 Å². The average Bonchev–Trinajstić information content (AvgIpc) is 3.00. The van der Waals surface area contributed by atoms with Crippen LogP contribution in [-0.2, 0) is 15.7 Å². The third kappa shape index (κ3) is 3.10. The number of methoxy groups -OCH3 is 1. The zero-order valence-corrected chi connectivity index (χ0v) is 18.3. The predicted molar refractivity (Wildman–Crippen MR) is 111 cm³/mol. The lowest BCUT2D eigenvalue weighted by atomic mass is 9.43. The first kappa shape index (κ1) is 20.5. The van der Waals surface area contributed by atoms with Crippen molar-refractivity contribution in [3.8, 4) is 5.75 Å². The number of carbonyl (C=O) groups is 1. The van der Waals surface area contributed by atoms with E-state index >= 15 is 0 Å². The maximum absolute atomic E-state index is 12.3. The van der Waals surface area contributed by atoms with Gasteiger partial charge in [-0.1, -0.05) is 49.2 Å². The third-order valence-corrected chi connectivity index (χ3v) is 7.81. The molecule has 4 nitrogen and oxygen atoms in total. The maximum atomic E-state index is 12.3. The Morgan fingerprint density at radius 2 is 2.07 bits per heavy atom. The van der Waals surface area contributed by atoms with E-state index in [2.05, 4.69) is 20.8 Å². The van der Waals surface area contributed by atoms with E-state index in [4.69, 9.17) is 37.2 Å². The number of carbonyl (C=O) groups excluding carboxylic acids is 1. The van der Waals surface area contributed by atoms with Crippen LogP contribution in [0.25, 0.3) is 0 Å². The molecule has 4 aliphatic rings. The minimum absolute atomic E-state index is 0.178. The zero-order chi connectivity index (χ0) is 20.3. The van der Waals surface area contributed by atoms with Gasteiger partial charge in [-0.25, -0.2) is 0 Å². The van der Waals surface area contributed by atoms with Gasteiger partial charge in [0.05, 0.1) is 24.4 Å². The van der Waals surface area contributed by atoms with E-state index in [9.17, 15) is 4.79 Å². The zero-order valence-electron chi connectivity index (χ0n) is 16.8. The molecule has 0 amide bonds. The molecule has 152 valence electrons. The predicted octanol–water partition coefficient (Wildman–Crippen LogP) is 4.95. The molecule has 3 saturated carbocycles. The summed E-state index contributed by atoms with van der Waals surface area (Å²) in [4.78, 5) is 11.2. The molecule has 0 N–H and O–H groups in total. The minimum Gasteiger partial charge on any atom is -0.496 e. The monoisotopic (exact) mass is 424 g/mol. The lowest BCUT2D eigenvalue weighted by molar-refractivity contribution is -0.199. The number of benzene rings is 1. The van der Waals surface area contributed by atoms with Crippen molar-refractivity contribution in [2.75, 3.05) is 7.11 Å². The van der Waals surface area contributed by atoms with Crippen molar-refractivity contribution < 1.29 is 18.8 Å². The number of halogens is 2. The Kier molecular flexibility index (Phi) is 5.27. The van der Waals surface area contributed by atoms with Crippen LogP contribution in [0, 0.1) is 17.3 Å². The van der Waals surface area contributed by atoms with E-state index in [1.807, 2.05) is 12.1 Å². The van der Waals surface area contributed by atoms with Gasteiger partial charge in [-0.2, -0.15) is 0 Å². The first-order chi connectivity index (χ1) is 13.2. The molecule has 0 unspecified atom stereocenters. The van der Waals surface area contributed by atoms with E-state index in [0.717, 1.165) is 17.9 Å². The molecule has 1 saturated heterocycles. The van der Waals surface area contributed by atoms with E-state index in [1.165, 1.54) is 6.42 Å². The number of alkyl halides is 2. The lowest BCUT2D eigenvalue weighted by Gasteiger charge is -2.64. The summed E-state index contributed by atoms with van der Waals surface area (Å²) < 4.78 is 18.3. The smallest absolute Gasteiger partial charge is 0.457 e. The van der Waals surface area contributed by atoms with Crippen LogP contribution >= 0.6 is 23.2 Å². The molecule has 2 bridgehead atoms. The molecular formula is C21H27BCl2O4. The fourth-order valence-electron chi connectivity index (χ4n) is 5.68. The number of ether oxygens (including phenoxy) is 1. The van der Waals surface area contributed by atoms with Gasteiger partial charge in [-0.15, -0.1) is 0 Å². The van der Waals surface area contributed by atoms with Crippen molar-refractivity contribution in [2.24, 2.45) is 17.3 Å². The van der Waals surface area contributed by atoms with Crippen LogP contribution in [0.1, 0.15) is 49.5 Å². The van der Waals surface area contributed by atoms with Crippen molar-refractivity contribution in [3.05, 3.63) is 29.3 Å². The second kappa shape index (κ2) is 7.19. The van der Waals surface area contributed by atoms with Crippen molar-refractivity contribution in [2.45, 2.75) is 62.9 Å². The molecule has 0 radical (unpaired) electrons. The number of rotatable bonds is 6. The molecule has 5 rings (SSSR count). The number of Topliss-reactive ketones (excluding diaryl/α,β-unsaturated/α-hetero) is 1. The molecule has 1 heterocycles. The number of aryl methyl sites for hydroxylation is 1. The SMILES string of the molecule is COc1c(CCB2O[C@@H]3C[C@@H]4C[C@@H](C4(C)C)[C@]3(C)O2)cccc1C(=O)C(Cl)Cl. The summed E-state index contributed by atoms with van der Waals surface area (Å²) in [6.07, 6.45) is 3.90. The van der Waals surface area contributed by atoms with Gasteiger partial charge in [-0.3, -0.25) is 4.79 Å². The molecule has 1 aliphatic heterocycles. The summed E-state index contributed by atoms with van der Waals surface area (Å²) in [6.45, 7) is 6.94. The summed E-state index contributed by atoms with van der Waals surface area (Å²) >= 11 is 11.5. The summed E-state index contributed by atoms with van der Waals surface area (Å²) in [6, 6.07) is 5.47. The average molecular weight is 425 g/mol. The normalized spacial score (nSPS) is 32.8. The van der Waals surface area contributed by atoms with E-state index in [0.29, 0.717) is 35.4 Å². The molecule has 28 heavy (non-hydrogen) atoms. The van der Waals surface area contributed by atoms with Crippen molar-refractivity contribution in [1.29, 1.82) is 0 Å². The highest BCUT2D eigenvalue weighted by Gasteiger charge is 2.67. The highest BCUT2D eigenvalue weighted by atomic mass is 35.5. The Bertz CT molecular complexity index is 784. The molecule has 4 atom stereocenters. The molecule has 1 aromatic carbocycles. The summed E-state index contributed by atoms with van der Waals surface area (Å²) in [5.74, 6) is 1.47. The second-order valence-electron chi connectivity index (χ2n) is 9.10. The van der Waals surface area contributed by atoms with Crippen molar-refractivity contribution >= 4 is 36.1 Å². The fraction of sp³-hybridized carbons (Fsp3) is 0.667. The van der Waals surface area contributed by atoms with Crippen LogP contribution in [0.5, 0.6) is 5.75 Å². The molecular weight excluding hydrogens is 398 g/mol. The van der Waals surface area contributed by atoms with Crippen LogP contribution in [0.3, 0.4) is 0 Å². The van der Waals surface area contributed by atoms with Crippen LogP contribution in [-0.4, -0.2) is 36.6 Å². The molecule has 3 aliphatic carbocycles. The van der Waals surface area contributed by atoms with E-state index in [-0.39, 0.29) is 24.6 Å². The number of para-hydroxylation sites is 1. The molecule has 1 aromatic rings. The van der Waals surface area contributed by atoms with Gasteiger partial charge in [0.25, 0.3) is 0 Å². The fourth-order valence-corrected chi connectivity index (χ4v) is 5.92. The standard InChI is InChI=1S/C21H27BCl2O4/c1-20(2)13-10-15(20)21(3)16(11-13)27-22(28-21)9-8-12-6-5-7-14(18(12)26-4)17(25)19(23)24/h5-7,13,15-16,19H,8-11H2,1-4H3/t13-,15-,16+,21-/m0/s1. The number of ketones is 1. The Morgan fingerprint density at radius 1 is 1.32 bits per heavy atom. The van der Waals surface area contributed by atoms with Crippen LogP contribution in [0.15, 0.2) is 18.2 Å². The quantitative estimate of drug-likeness (QED) is 0.368. The molecule has 0 aromatic heterocycles. The summed E-state index contributed by atoms with van der Waals surface area (Å²) in [5, 5.41) is 0. The van der Waals surface area contributed by atoms with E-state index in [1.54, 1.807) is 13.2 Å². The molecule has 4 fully saturated rings. The summed E-state index contributed by atoms with van der Waals surface area (Å²) in [5.41, 5.74) is 1.47. The van der Waals surface area contributed by atoms with Crippen LogP contribution < -0.4 is 4.74 Å². The highest BCUT2D eigenvalue weighted by molar-refractivity contribution is 6.55. The Balaban J connectivity index is 1.46. The van der Waals surface area contributed by atoms with Gasteiger partial charge in [0.2, 0.25) is 0 Å².